The van der Waals surface area contributed by atoms with Crippen LogP contribution >= 0.6 is 0 Å². The van der Waals surface area contributed by atoms with Crippen LogP contribution in [-0.4, -0.2) is 32.7 Å². The highest BCUT2D eigenvalue weighted by Gasteiger charge is 2.23. The number of rotatable bonds is 5. The van der Waals surface area contributed by atoms with E-state index in [0.29, 0.717) is 17.1 Å². The van der Waals surface area contributed by atoms with Crippen LogP contribution in [-0.2, 0) is 16.6 Å². The average Bonchev–Trinajstić information content (AvgIpc) is 2.80. The zero-order valence-electron chi connectivity index (χ0n) is 12.2. The number of nitrogens with one attached hydrogen (secondary N) is 2. The Hall–Kier alpha value is -2.06. The summed E-state index contributed by atoms with van der Waals surface area (Å²) in [4.78, 5) is 2.01. The number of sulfonamides is 1. The highest BCUT2D eigenvalue weighted by Crippen LogP contribution is 2.23. The summed E-state index contributed by atoms with van der Waals surface area (Å²) < 4.78 is 27.6. The first-order valence-corrected chi connectivity index (χ1v) is 7.87. The summed E-state index contributed by atoms with van der Waals surface area (Å²) in [6.07, 6.45) is 0. The monoisotopic (exact) mass is 309 g/mol. The number of aromatic nitrogens is 2. The van der Waals surface area contributed by atoms with Crippen LogP contribution in [0.4, 0.5) is 11.4 Å². The van der Waals surface area contributed by atoms with E-state index in [4.69, 9.17) is 5.73 Å². The Morgan fingerprint density at radius 2 is 2.10 bits per heavy atom. The van der Waals surface area contributed by atoms with Crippen molar-refractivity contribution in [3.05, 3.63) is 35.7 Å². The third-order valence-corrected chi connectivity index (χ3v) is 4.62. The number of aryl methyl sites for hydroxylation is 1. The maximum atomic E-state index is 12.5. The van der Waals surface area contributed by atoms with E-state index in [-0.39, 0.29) is 11.4 Å². The van der Waals surface area contributed by atoms with Crippen LogP contribution in [0.2, 0.25) is 0 Å². The van der Waals surface area contributed by atoms with Crippen LogP contribution in [0.15, 0.2) is 29.2 Å². The maximum absolute atomic E-state index is 12.5. The molecule has 0 atom stereocenters. The predicted molar refractivity (Wildman–Crippen MR) is 82.8 cm³/mol. The third kappa shape index (κ3) is 3.17. The summed E-state index contributed by atoms with van der Waals surface area (Å²) in [6.45, 7) is 1.70. The molecule has 114 valence electrons. The molecule has 0 unspecified atom stereocenters. The minimum atomic E-state index is -3.73. The van der Waals surface area contributed by atoms with Crippen molar-refractivity contribution in [2.24, 2.45) is 5.73 Å². The molecule has 1 heterocycles. The summed E-state index contributed by atoms with van der Waals surface area (Å²) >= 11 is 0. The summed E-state index contributed by atoms with van der Waals surface area (Å²) in [6, 6.07) is 7.14. The van der Waals surface area contributed by atoms with Crippen molar-refractivity contribution in [3.63, 3.8) is 0 Å². The standard InChI is InChI=1S/C13H19N5O2S/c1-9-13(12(8-14)16-15-9)21(19,20)17-10-5-4-6-11(7-10)18(2)3/h4-7,17H,8,14H2,1-3H3,(H,15,16). The second-order valence-electron chi connectivity index (χ2n) is 4.88. The molecular formula is C13H19N5O2S. The normalized spacial score (nSPS) is 11.4. The molecule has 0 saturated carbocycles. The molecule has 1 aromatic heterocycles. The van der Waals surface area contributed by atoms with Gasteiger partial charge < -0.3 is 10.6 Å². The van der Waals surface area contributed by atoms with Crippen LogP contribution in [0, 0.1) is 6.92 Å². The second kappa shape index (κ2) is 5.74. The van der Waals surface area contributed by atoms with Gasteiger partial charge in [-0.05, 0) is 25.1 Å². The van der Waals surface area contributed by atoms with Crippen LogP contribution in [0.3, 0.4) is 0 Å². The molecule has 0 radical (unpaired) electrons. The first-order valence-electron chi connectivity index (χ1n) is 6.39. The van der Waals surface area contributed by atoms with E-state index >= 15 is 0 Å². The molecule has 0 spiro atoms. The molecule has 0 aliphatic rings. The molecule has 8 heteroatoms. The molecule has 2 aromatic rings. The molecule has 0 aliphatic carbocycles. The first kappa shape index (κ1) is 15.3. The Morgan fingerprint density at radius 1 is 1.38 bits per heavy atom. The van der Waals surface area contributed by atoms with Crippen molar-refractivity contribution >= 4 is 21.4 Å². The smallest absolute Gasteiger partial charge is 0.265 e. The summed E-state index contributed by atoms with van der Waals surface area (Å²) in [7, 11) is 0.0503. The van der Waals surface area contributed by atoms with Crippen LogP contribution in [0.1, 0.15) is 11.4 Å². The molecule has 0 saturated heterocycles. The van der Waals surface area contributed by atoms with Gasteiger partial charge in [-0.15, -0.1) is 0 Å². The molecule has 0 amide bonds. The van der Waals surface area contributed by atoms with E-state index < -0.39 is 10.0 Å². The number of H-pyrrole nitrogens is 1. The maximum Gasteiger partial charge on any atom is 0.265 e. The van der Waals surface area contributed by atoms with Gasteiger partial charge in [-0.3, -0.25) is 9.82 Å². The van der Waals surface area contributed by atoms with E-state index in [0.717, 1.165) is 5.69 Å². The number of benzene rings is 1. The van der Waals surface area contributed by atoms with E-state index in [2.05, 4.69) is 14.9 Å². The third-order valence-electron chi connectivity index (χ3n) is 3.04. The second-order valence-corrected chi connectivity index (χ2v) is 6.50. The molecule has 7 nitrogen and oxygen atoms in total. The fourth-order valence-corrected chi connectivity index (χ4v) is 3.45. The number of nitrogens with two attached hydrogens (primary N) is 1. The van der Waals surface area contributed by atoms with Gasteiger partial charge in [0.25, 0.3) is 10.0 Å². The lowest BCUT2D eigenvalue weighted by Gasteiger charge is -2.14. The zero-order valence-corrected chi connectivity index (χ0v) is 13.0. The van der Waals surface area contributed by atoms with Crippen LogP contribution < -0.4 is 15.4 Å². The highest BCUT2D eigenvalue weighted by atomic mass is 32.2. The van der Waals surface area contributed by atoms with E-state index in [1.54, 1.807) is 25.1 Å². The Morgan fingerprint density at radius 3 is 2.71 bits per heavy atom. The van der Waals surface area contributed by atoms with Crippen molar-refractivity contribution in [2.75, 3.05) is 23.7 Å². The van der Waals surface area contributed by atoms with Gasteiger partial charge in [-0.25, -0.2) is 8.42 Å². The minimum absolute atomic E-state index is 0.0539. The molecule has 4 N–H and O–H groups in total. The lowest BCUT2D eigenvalue weighted by molar-refractivity contribution is 0.599. The SMILES string of the molecule is Cc1[nH]nc(CN)c1S(=O)(=O)Nc1cccc(N(C)C)c1. The Balaban J connectivity index is 2.38. The lowest BCUT2D eigenvalue weighted by Crippen LogP contribution is -2.17. The van der Waals surface area contributed by atoms with Gasteiger partial charge in [0.15, 0.2) is 0 Å². The van der Waals surface area contributed by atoms with Gasteiger partial charge in [-0.2, -0.15) is 5.10 Å². The number of hydrogen-bond donors (Lipinski definition) is 3. The van der Waals surface area contributed by atoms with Gasteiger partial charge in [0.05, 0.1) is 17.1 Å². The highest BCUT2D eigenvalue weighted by molar-refractivity contribution is 7.92. The number of hydrogen-bond acceptors (Lipinski definition) is 5. The number of anilines is 2. The van der Waals surface area contributed by atoms with E-state index in [1.165, 1.54) is 0 Å². The van der Waals surface area contributed by atoms with Crippen molar-refractivity contribution < 1.29 is 8.42 Å². The van der Waals surface area contributed by atoms with Gasteiger partial charge in [0, 0.05) is 26.3 Å². The zero-order chi connectivity index (χ0) is 15.6. The quantitative estimate of drug-likeness (QED) is 0.765. The van der Waals surface area contributed by atoms with Crippen molar-refractivity contribution in [3.8, 4) is 0 Å². The summed E-state index contributed by atoms with van der Waals surface area (Å²) in [5.41, 5.74) is 7.72. The van der Waals surface area contributed by atoms with Crippen molar-refractivity contribution in [2.45, 2.75) is 18.4 Å². The van der Waals surface area contributed by atoms with E-state index in [9.17, 15) is 8.42 Å². The van der Waals surface area contributed by atoms with Crippen molar-refractivity contribution in [1.29, 1.82) is 0 Å². The lowest BCUT2D eigenvalue weighted by atomic mass is 10.3. The fraction of sp³-hybridized carbons (Fsp3) is 0.308. The van der Waals surface area contributed by atoms with Gasteiger partial charge in [-0.1, -0.05) is 6.07 Å². The summed E-state index contributed by atoms with van der Waals surface area (Å²) in [5.74, 6) is 0. The molecule has 1 aromatic carbocycles. The molecular weight excluding hydrogens is 290 g/mol. The molecule has 2 rings (SSSR count). The Kier molecular flexibility index (Phi) is 4.19. The van der Waals surface area contributed by atoms with Gasteiger partial charge >= 0.3 is 0 Å². The summed E-state index contributed by atoms with van der Waals surface area (Å²) in [5, 5.41) is 6.56. The van der Waals surface area contributed by atoms with Crippen molar-refractivity contribution in [1.82, 2.24) is 10.2 Å². The molecule has 0 bridgehead atoms. The fourth-order valence-electron chi connectivity index (χ4n) is 2.02. The van der Waals surface area contributed by atoms with Gasteiger partial charge in [0.2, 0.25) is 0 Å². The van der Waals surface area contributed by atoms with Crippen LogP contribution in [0.25, 0.3) is 0 Å². The van der Waals surface area contributed by atoms with Crippen LogP contribution in [0.5, 0.6) is 0 Å². The topological polar surface area (TPSA) is 104 Å². The molecule has 21 heavy (non-hydrogen) atoms. The number of nitrogens with zero attached hydrogens (tertiary/aromatic N) is 2. The Bertz CT molecular complexity index is 737. The predicted octanol–water partition coefficient (Wildman–Crippen LogP) is 1.04. The molecule has 0 aliphatic heterocycles. The molecule has 0 fully saturated rings. The average molecular weight is 309 g/mol. The van der Waals surface area contributed by atoms with E-state index in [1.807, 2.05) is 25.1 Å². The largest absolute Gasteiger partial charge is 0.378 e. The minimum Gasteiger partial charge on any atom is -0.378 e. The first-order chi connectivity index (χ1) is 9.85. The van der Waals surface area contributed by atoms with Gasteiger partial charge in [0.1, 0.15) is 4.90 Å². The Labute approximate surface area is 124 Å². The number of aromatic amines is 1.